The highest BCUT2D eigenvalue weighted by Gasteiger charge is 2.20. The average molecular weight is 529 g/mol. The lowest BCUT2D eigenvalue weighted by atomic mass is 9.93. The van der Waals surface area contributed by atoms with Gasteiger partial charge in [-0.05, 0) is 101 Å². The smallest absolute Gasteiger partial charge is 0.0434 e. The van der Waals surface area contributed by atoms with Gasteiger partial charge in [-0.2, -0.15) is 0 Å². The number of rotatable bonds is 3. The van der Waals surface area contributed by atoms with Crippen molar-refractivity contribution in [2.45, 2.75) is 20.3 Å². The topological polar surface area (TPSA) is 0 Å². The monoisotopic (exact) mass is 528 g/mol. The van der Waals surface area contributed by atoms with Crippen molar-refractivity contribution in [2.24, 2.45) is 0 Å². The Hall–Kier alpha value is -4.46. The molecule has 1 aliphatic rings. The third-order valence-corrected chi connectivity index (χ3v) is 9.67. The van der Waals surface area contributed by atoms with E-state index in [1.54, 1.807) is 0 Å². The standard InChI is InChI=1S/C39H28S/c1-24-7-11-26(12-8-24)28-17-18-38-36(20-28)37-23-32(27-13-9-25(2)10-14-27)22-35(39(37)40-38)31-16-15-30-19-29-5-3-4-6-33(29)34(30)21-31/h3-18,20-23H,19H2,1-2H3. The van der Waals surface area contributed by atoms with Gasteiger partial charge in [0.1, 0.15) is 0 Å². The fraction of sp³-hybridized carbons (Fsp3) is 0.0769. The normalized spacial score (nSPS) is 12.2. The molecule has 1 heterocycles. The molecule has 0 unspecified atom stereocenters. The van der Waals surface area contributed by atoms with Crippen LogP contribution in [0.15, 0.2) is 121 Å². The SMILES string of the molecule is Cc1ccc(-c2ccc3sc4c(-c5ccc6c(c5)-c5ccccc5C6)cc(-c5ccc(C)cc5)cc4c3c2)cc1. The summed E-state index contributed by atoms with van der Waals surface area (Å²) in [5, 5.41) is 2.67. The lowest BCUT2D eigenvalue weighted by molar-refractivity contribution is 1.26. The summed E-state index contributed by atoms with van der Waals surface area (Å²) in [5.74, 6) is 0. The van der Waals surface area contributed by atoms with Gasteiger partial charge in [-0.1, -0.05) is 102 Å². The van der Waals surface area contributed by atoms with Crippen LogP contribution >= 0.6 is 11.3 Å². The predicted molar refractivity (Wildman–Crippen MR) is 173 cm³/mol. The molecule has 1 aliphatic carbocycles. The van der Waals surface area contributed by atoms with E-state index in [0.717, 1.165) is 6.42 Å². The maximum atomic E-state index is 2.43. The zero-order valence-corrected chi connectivity index (χ0v) is 23.5. The van der Waals surface area contributed by atoms with Crippen LogP contribution in [0.5, 0.6) is 0 Å². The molecule has 0 radical (unpaired) electrons. The summed E-state index contributed by atoms with van der Waals surface area (Å²) >= 11 is 1.91. The molecule has 0 spiro atoms. The highest BCUT2D eigenvalue weighted by molar-refractivity contribution is 7.26. The van der Waals surface area contributed by atoms with Crippen molar-refractivity contribution in [3.05, 3.63) is 144 Å². The lowest BCUT2D eigenvalue weighted by Crippen LogP contribution is -1.86. The summed E-state index contributed by atoms with van der Waals surface area (Å²) in [4.78, 5) is 0. The Morgan fingerprint density at radius 3 is 1.82 bits per heavy atom. The van der Waals surface area contributed by atoms with Gasteiger partial charge >= 0.3 is 0 Å². The zero-order valence-electron chi connectivity index (χ0n) is 22.7. The summed E-state index contributed by atoms with van der Waals surface area (Å²) < 4.78 is 2.69. The second-order valence-corrected chi connectivity index (χ2v) is 12.2. The van der Waals surface area contributed by atoms with Gasteiger partial charge in [0.15, 0.2) is 0 Å². The number of hydrogen-bond donors (Lipinski definition) is 0. The molecule has 190 valence electrons. The van der Waals surface area contributed by atoms with Crippen molar-refractivity contribution in [2.75, 3.05) is 0 Å². The van der Waals surface area contributed by atoms with Crippen LogP contribution in [-0.2, 0) is 6.42 Å². The molecule has 1 aromatic heterocycles. The highest BCUT2D eigenvalue weighted by atomic mass is 32.1. The average Bonchev–Trinajstić information content (AvgIpc) is 3.55. The van der Waals surface area contributed by atoms with Crippen LogP contribution < -0.4 is 0 Å². The Balaban J connectivity index is 1.38. The zero-order chi connectivity index (χ0) is 26.8. The van der Waals surface area contributed by atoms with Crippen molar-refractivity contribution in [3.8, 4) is 44.5 Å². The van der Waals surface area contributed by atoms with Crippen molar-refractivity contribution in [1.29, 1.82) is 0 Å². The van der Waals surface area contributed by atoms with E-state index in [-0.39, 0.29) is 0 Å². The molecule has 0 saturated carbocycles. The molecule has 0 atom stereocenters. The molecule has 0 N–H and O–H groups in total. The summed E-state index contributed by atoms with van der Waals surface area (Å²) in [6, 6.07) is 45.6. The summed E-state index contributed by atoms with van der Waals surface area (Å²) in [5.41, 5.74) is 15.8. The number of benzene rings is 6. The van der Waals surface area contributed by atoms with Crippen LogP contribution in [-0.4, -0.2) is 0 Å². The Morgan fingerprint density at radius 1 is 0.450 bits per heavy atom. The van der Waals surface area contributed by atoms with Gasteiger partial charge in [-0.25, -0.2) is 0 Å². The minimum Gasteiger partial charge on any atom is -0.135 e. The maximum absolute atomic E-state index is 2.43. The fourth-order valence-electron chi connectivity index (χ4n) is 6.22. The maximum Gasteiger partial charge on any atom is 0.0434 e. The number of fused-ring (bicyclic) bond motifs is 6. The Morgan fingerprint density at radius 2 is 1.05 bits per heavy atom. The summed E-state index contributed by atoms with van der Waals surface area (Å²) in [7, 11) is 0. The van der Waals surface area contributed by atoms with E-state index in [9.17, 15) is 0 Å². The van der Waals surface area contributed by atoms with E-state index in [1.165, 1.54) is 86.9 Å². The molecule has 8 rings (SSSR count). The van der Waals surface area contributed by atoms with Crippen molar-refractivity contribution in [3.63, 3.8) is 0 Å². The molecular weight excluding hydrogens is 500 g/mol. The van der Waals surface area contributed by atoms with Gasteiger partial charge in [0.2, 0.25) is 0 Å². The first kappa shape index (κ1) is 23.4. The molecular formula is C39H28S. The van der Waals surface area contributed by atoms with E-state index in [2.05, 4.69) is 135 Å². The van der Waals surface area contributed by atoms with E-state index in [4.69, 9.17) is 0 Å². The van der Waals surface area contributed by atoms with Crippen molar-refractivity contribution in [1.82, 2.24) is 0 Å². The summed E-state index contributed by atoms with van der Waals surface area (Å²) in [6.45, 7) is 4.30. The number of aryl methyl sites for hydroxylation is 2. The minimum absolute atomic E-state index is 1.02. The van der Waals surface area contributed by atoms with E-state index < -0.39 is 0 Å². The summed E-state index contributed by atoms with van der Waals surface area (Å²) in [6.07, 6.45) is 1.02. The van der Waals surface area contributed by atoms with Crippen LogP contribution in [0.1, 0.15) is 22.3 Å². The number of hydrogen-bond acceptors (Lipinski definition) is 1. The first-order valence-corrected chi connectivity index (χ1v) is 14.8. The highest BCUT2D eigenvalue weighted by Crippen LogP contribution is 2.46. The second kappa shape index (κ2) is 9.05. The molecule has 1 heteroatoms. The molecule has 0 amide bonds. The third kappa shape index (κ3) is 3.81. The van der Waals surface area contributed by atoms with Crippen molar-refractivity contribution >= 4 is 31.5 Å². The molecule has 6 aromatic carbocycles. The molecule has 7 aromatic rings. The number of thiophene rings is 1. The second-order valence-electron chi connectivity index (χ2n) is 11.2. The molecule has 0 saturated heterocycles. The molecule has 0 aliphatic heterocycles. The molecule has 0 bridgehead atoms. The first-order valence-electron chi connectivity index (χ1n) is 14.0. The Bertz CT molecular complexity index is 2070. The Labute approximate surface area is 239 Å². The quantitative estimate of drug-likeness (QED) is 0.214. The Kier molecular flexibility index (Phi) is 5.30. The van der Waals surface area contributed by atoms with Gasteiger partial charge in [0, 0.05) is 25.7 Å². The lowest BCUT2D eigenvalue weighted by Gasteiger charge is -2.11. The molecule has 0 nitrogen and oxygen atoms in total. The minimum atomic E-state index is 1.02. The van der Waals surface area contributed by atoms with Crippen LogP contribution in [0, 0.1) is 13.8 Å². The fourth-order valence-corrected chi connectivity index (χ4v) is 7.42. The largest absolute Gasteiger partial charge is 0.135 e. The van der Waals surface area contributed by atoms with E-state index in [0.29, 0.717) is 0 Å². The van der Waals surface area contributed by atoms with E-state index in [1.807, 2.05) is 11.3 Å². The van der Waals surface area contributed by atoms with Gasteiger partial charge in [-0.3, -0.25) is 0 Å². The molecule has 40 heavy (non-hydrogen) atoms. The third-order valence-electron chi connectivity index (χ3n) is 8.45. The van der Waals surface area contributed by atoms with Crippen LogP contribution in [0.3, 0.4) is 0 Å². The van der Waals surface area contributed by atoms with Crippen LogP contribution in [0.25, 0.3) is 64.7 Å². The van der Waals surface area contributed by atoms with Gasteiger partial charge in [0.05, 0.1) is 0 Å². The van der Waals surface area contributed by atoms with Gasteiger partial charge in [-0.15, -0.1) is 11.3 Å². The van der Waals surface area contributed by atoms with Crippen LogP contribution in [0.4, 0.5) is 0 Å². The van der Waals surface area contributed by atoms with Gasteiger partial charge < -0.3 is 0 Å². The van der Waals surface area contributed by atoms with Gasteiger partial charge in [0.25, 0.3) is 0 Å². The van der Waals surface area contributed by atoms with Crippen LogP contribution in [0.2, 0.25) is 0 Å². The molecule has 0 fully saturated rings. The predicted octanol–water partition coefficient (Wildman–Crippen LogP) is 11.2. The van der Waals surface area contributed by atoms with E-state index >= 15 is 0 Å². The van der Waals surface area contributed by atoms with Crippen molar-refractivity contribution < 1.29 is 0 Å². The first-order chi connectivity index (χ1) is 19.6.